The molecule has 0 aromatic heterocycles. The third kappa shape index (κ3) is 2.33. The molecular weight excluding hydrogens is 212 g/mol. The summed E-state index contributed by atoms with van der Waals surface area (Å²) in [6.07, 6.45) is -2.64. The van der Waals surface area contributed by atoms with Crippen LogP contribution in [0.25, 0.3) is 0 Å². The highest BCUT2D eigenvalue weighted by atomic mass is 35.5. The van der Waals surface area contributed by atoms with Crippen LogP contribution in [0.2, 0.25) is 5.02 Å². The summed E-state index contributed by atoms with van der Waals surface area (Å²) in [5, 5.41) is 0.358. The Kier molecular flexibility index (Phi) is 3.66. The number of nitrogens with two attached hydrogens (primary N) is 1. The van der Waals surface area contributed by atoms with E-state index >= 15 is 0 Å². The molecule has 0 saturated carbocycles. The molecule has 78 valence electrons. The number of methoxy groups -OCH3 is 1. The standard InChI is InChI=1S/C9H10ClF2NO/c1-14-7-3-2-5(10)4-6(7)8(13)9(11)12/h2-4,8-9H,13H2,1H3/t8-/m0/s1. The zero-order valence-corrected chi connectivity index (χ0v) is 8.26. The lowest BCUT2D eigenvalue weighted by Gasteiger charge is -2.14. The summed E-state index contributed by atoms with van der Waals surface area (Å²) in [4.78, 5) is 0. The Labute approximate surface area is 85.6 Å². The first-order valence-electron chi connectivity index (χ1n) is 3.93. The lowest BCUT2D eigenvalue weighted by atomic mass is 10.1. The van der Waals surface area contributed by atoms with Gasteiger partial charge in [0.2, 0.25) is 0 Å². The Bertz CT molecular complexity index is 320. The molecule has 0 saturated heterocycles. The summed E-state index contributed by atoms with van der Waals surface area (Å²) in [6.45, 7) is 0. The van der Waals surface area contributed by atoms with Crippen molar-refractivity contribution in [3.05, 3.63) is 28.8 Å². The highest BCUT2D eigenvalue weighted by Crippen LogP contribution is 2.29. The fourth-order valence-electron chi connectivity index (χ4n) is 1.10. The average Bonchev–Trinajstić information content (AvgIpc) is 2.16. The van der Waals surface area contributed by atoms with Gasteiger partial charge >= 0.3 is 0 Å². The summed E-state index contributed by atoms with van der Waals surface area (Å²) in [6, 6.07) is 3.09. The molecular formula is C9H10ClF2NO. The van der Waals surface area contributed by atoms with Gasteiger partial charge in [-0.05, 0) is 18.2 Å². The fourth-order valence-corrected chi connectivity index (χ4v) is 1.28. The molecule has 0 amide bonds. The van der Waals surface area contributed by atoms with Crippen LogP contribution in [-0.4, -0.2) is 13.5 Å². The topological polar surface area (TPSA) is 35.2 Å². The van der Waals surface area contributed by atoms with Gasteiger partial charge in [0.1, 0.15) is 5.75 Å². The van der Waals surface area contributed by atoms with Crippen LogP contribution in [-0.2, 0) is 0 Å². The lowest BCUT2D eigenvalue weighted by Crippen LogP contribution is -2.19. The van der Waals surface area contributed by atoms with Crippen molar-refractivity contribution in [1.29, 1.82) is 0 Å². The molecule has 0 bridgehead atoms. The zero-order valence-electron chi connectivity index (χ0n) is 7.51. The molecule has 1 aromatic rings. The SMILES string of the molecule is COc1ccc(Cl)cc1[C@H](N)C(F)F. The summed E-state index contributed by atoms with van der Waals surface area (Å²) < 4.78 is 29.6. The van der Waals surface area contributed by atoms with E-state index in [1.807, 2.05) is 0 Å². The van der Waals surface area contributed by atoms with Gasteiger partial charge in [-0.3, -0.25) is 0 Å². The molecule has 0 radical (unpaired) electrons. The summed E-state index contributed by atoms with van der Waals surface area (Å²) >= 11 is 5.67. The monoisotopic (exact) mass is 221 g/mol. The maximum atomic E-state index is 12.3. The zero-order chi connectivity index (χ0) is 10.7. The number of hydrogen-bond donors (Lipinski definition) is 1. The molecule has 1 aromatic carbocycles. The molecule has 14 heavy (non-hydrogen) atoms. The molecule has 0 spiro atoms. The van der Waals surface area contributed by atoms with Crippen molar-refractivity contribution in [1.82, 2.24) is 0 Å². The van der Waals surface area contributed by atoms with Gasteiger partial charge in [-0.15, -0.1) is 0 Å². The Morgan fingerprint density at radius 1 is 1.43 bits per heavy atom. The van der Waals surface area contributed by atoms with E-state index in [-0.39, 0.29) is 5.56 Å². The second-order valence-corrected chi connectivity index (χ2v) is 3.18. The van der Waals surface area contributed by atoms with Crippen molar-refractivity contribution in [3.63, 3.8) is 0 Å². The van der Waals surface area contributed by atoms with Crippen molar-refractivity contribution in [2.45, 2.75) is 12.5 Å². The maximum absolute atomic E-state index is 12.3. The number of halogens is 3. The molecule has 0 unspecified atom stereocenters. The Morgan fingerprint density at radius 2 is 2.07 bits per heavy atom. The molecule has 5 heteroatoms. The van der Waals surface area contributed by atoms with Gasteiger partial charge in [-0.1, -0.05) is 11.6 Å². The van der Waals surface area contributed by atoms with Crippen molar-refractivity contribution in [2.75, 3.05) is 7.11 Å². The van der Waals surface area contributed by atoms with Gasteiger partial charge in [-0.2, -0.15) is 0 Å². The van der Waals surface area contributed by atoms with E-state index in [4.69, 9.17) is 22.1 Å². The average molecular weight is 222 g/mol. The third-order valence-electron chi connectivity index (χ3n) is 1.82. The van der Waals surface area contributed by atoms with Crippen molar-refractivity contribution in [2.24, 2.45) is 5.73 Å². The Morgan fingerprint density at radius 3 is 2.57 bits per heavy atom. The summed E-state index contributed by atoms with van der Waals surface area (Å²) in [5.74, 6) is 0.321. The Balaban J connectivity index is 3.10. The van der Waals surface area contributed by atoms with Crippen LogP contribution in [0.1, 0.15) is 11.6 Å². The second kappa shape index (κ2) is 4.57. The maximum Gasteiger partial charge on any atom is 0.257 e. The first-order chi connectivity index (χ1) is 6.56. The van der Waals surface area contributed by atoms with E-state index in [0.717, 1.165) is 0 Å². The van der Waals surface area contributed by atoms with E-state index < -0.39 is 12.5 Å². The minimum Gasteiger partial charge on any atom is -0.496 e. The molecule has 2 nitrogen and oxygen atoms in total. The van der Waals surface area contributed by atoms with Gasteiger partial charge in [0, 0.05) is 10.6 Å². The highest BCUT2D eigenvalue weighted by Gasteiger charge is 2.21. The highest BCUT2D eigenvalue weighted by molar-refractivity contribution is 6.30. The van der Waals surface area contributed by atoms with Crippen molar-refractivity contribution in [3.8, 4) is 5.75 Å². The predicted molar refractivity (Wildman–Crippen MR) is 50.9 cm³/mol. The number of ether oxygens (including phenoxy) is 1. The van der Waals surface area contributed by atoms with Crippen LogP contribution in [0.5, 0.6) is 5.75 Å². The minimum atomic E-state index is -2.64. The summed E-state index contributed by atoms with van der Waals surface area (Å²) in [5.41, 5.74) is 5.51. The van der Waals surface area contributed by atoms with E-state index in [9.17, 15) is 8.78 Å². The first kappa shape index (κ1) is 11.2. The predicted octanol–water partition coefficient (Wildman–Crippen LogP) is 2.61. The van der Waals surface area contributed by atoms with Gasteiger partial charge in [-0.25, -0.2) is 8.78 Å². The van der Waals surface area contributed by atoms with Crippen molar-refractivity contribution < 1.29 is 13.5 Å². The van der Waals surface area contributed by atoms with Gasteiger partial charge < -0.3 is 10.5 Å². The van der Waals surface area contributed by atoms with E-state index in [1.54, 1.807) is 6.07 Å². The van der Waals surface area contributed by atoms with Gasteiger partial charge in [0.15, 0.2) is 0 Å². The third-order valence-corrected chi connectivity index (χ3v) is 2.06. The lowest BCUT2D eigenvalue weighted by molar-refractivity contribution is 0.115. The van der Waals surface area contributed by atoms with Crippen LogP contribution < -0.4 is 10.5 Å². The van der Waals surface area contributed by atoms with E-state index in [2.05, 4.69) is 0 Å². The van der Waals surface area contributed by atoms with E-state index in [1.165, 1.54) is 19.2 Å². The molecule has 1 rings (SSSR count). The quantitative estimate of drug-likeness (QED) is 0.852. The molecule has 0 aliphatic heterocycles. The van der Waals surface area contributed by atoms with Crippen LogP contribution in [0.15, 0.2) is 18.2 Å². The van der Waals surface area contributed by atoms with Crippen molar-refractivity contribution >= 4 is 11.6 Å². The molecule has 2 N–H and O–H groups in total. The normalized spacial score (nSPS) is 13.0. The number of rotatable bonds is 3. The van der Waals surface area contributed by atoms with Crippen LogP contribution in [0.4, 0.5) is 8.78 Å². The first-order valence-corrected chi connectivity index (χ1v) is 4.31. The molecule has 0 aliphatic rings. The Hall–Kier alpha value is -0.870. The number of hydrogen-bond acceptors (Lipinski definition) is 2. The molecule has 1 atom stereocenters. The molecule has 0 fully saturated rings. The fraction of sp³-hybridized carbons (Fsp3) is 0.333. The smallest absolute Gasteiger partial charge is 0.257 e. The minimum absolute atomic E-state index is 0.218. The molecule has 0 heterocycles. The van der Waals surface area contributed by atoms with Gasteiger partial charge in [0.25, 0.3) is 6.43 Å². The largest absolute Gasteiger partial charge is 0.496 e. The number of alkyl halides is 2. The van der Waals surface area contributed by atoms with Gasteiger partial charge in [0.05, 0.1) is 13.2 Å². The van der Waals surface area contributed by atoms with Crippen LogP contribution in [0, 0.1) is 0 Å². The van der Waals surface area contributed by atoms with Crippen LogP contribution in [0.3, 0.4) is 0 Å². The van der Waals surface area contributed by atoms with Crippen LogP contribution >= 0.6 is 11.6 Å². The van der Waals surface area contributed by atoms with E-state index in [0.29, 0.717) is 10.8 Å². The molecule has 0 aliphatic carbocycles. The summed E-state index contributed by atoms with van der Waals surface area (Å²) in [7, 11) is 1.39. The number of benzene rings is 1. The second-order valence-electron chi connectivity index (χ2n) is 2.75.